The lowest BCUT2D eigenvalue weighted by Crippen LogP contribution is -2.29. The summed E-state index contributed by atoms with van der Waals surface area (Å²) in [5.41, 5.74) is 0. The van der Waals surface area contributed by atoms with E-state index in [9.17, 15) is 9.46 Å². The predicted octanol–water partition coefficient (Wildman–Crippen LogP) is 5.36. The molecule has 0 spiro atoms. The molecule has 0 amide bonds. The maximum atomic E-state index is 11.8. The van der Waals surface area contributed by atoms with Crippen molar-refractivity contribution in [1.82, 2.24) is 5.06 Å². The molecule has 0 bridgehead atoms. The Morgan fingerprint density at radius 3 is 1.73 bits per heavy atom. The second-order valence-electron chi connectivity index (χ2n) is 7.70. The van der Waals surface area contributed by atoms with E-state index in [-0.39, 0.29) is 32.9 Å². The molecule has 0 aromatic heterocycles. The summed E-state index contributed by atoms with van der Waals surface area (Å²) >= 11 is 0. The fraction of sp³-hybridized carbons (Fsp3) is 0.909. The minimum absolute atomic E-state index is 0.0305. The predicted molar refractivity (Wildman–Crippen MR) is 122 cm³/mol. The average molecular weight is 452 g/mol. The first-order valence-electron chi connectivity index (χ1n) is 11.8. The van der Waals surface area contributed by atoms with Crippen molar-refractivity contribution in [1.29, 1.82) is 0 Å². The molecular weight excluding hydrogens is 405 g/mol. The smallest absolute Gasteiger partial charge is 0.395 e. The summed E-state index contributed by atoms with van der Waals surface area (Å²) in [5, 5.41) is 18.8. The number of allylic oxidation sites excluding steroid dienone is 2. The SMILES string of the molecule is CCCCCCCC/C=C\CCCCCCCCOP(=O)(O)ON(CCO)CCO. The third-order valence-corrected chi connectivity index (χ3v) is 5.77. The van der Waals surface area contributed by atoms with Crippen molar-refractivity contribution in [2.45, 2.75) is 96.8 Å². The van der Waals surface area contributed by atoms with Gasteiger partial charge in [0.05, 0.1) is 19.8 Å². The summed E-state index contributed by atoms with van der Waals surface area (Å²) in [6.45, 7) is 1.98. The first-order valence-corrected chi connectivity index (χ1v) is 13.3. The minimum Gasteiger partial charge on any atom is -0.395 e. The third kappa shape index (κ3) is 21.0. The zero-order chi connectivity index (χ0) is 22.3. The summed E-state index contributed by atoms with van der Waals surface area (Å²) in [4.78, 5) is 9.66. The summed E-state index contributed by atoms with van der Waals surface area (Å²) in [5.74, 6) is 0. The number of hydroxylamine groups is 2. The number of hydrogen-bond acceptors (Lipinski definition) is 6. The number of nitrogens with zero attached hydrogens (tertiary/aromatic N) is 1. The molecule has 1 unspecified atom stereocenters. The largest absolute Gasteiger partial charge is 0.489 e. The van der Waals surface area contributed by atoms with Crippen LogP contribution in [0.3, 0.4) is 0 Å². The molecule has 0 aromatic rings. The third-order valence-electron chi connectivity index (χ3n) is 4.83. The molecule has 30 heavy (non-hydrogen) atoms. The fourth-order valence-corrected chi connectivity index (χ4v) is 3.98. The molecule has 180 valence electrons. The number of phosphoric ester groups is 1. The summed E-state index contributed by atoms with van der Waals surface area (Å²) in [6.07, 6.45) is 21.4. The normalized spacial score (nSPS) is 14.0. The number of aliphatic hydroxyl groups is 2. The number of hydrogen-bond donors (Lipinski definition) is 3. The average Bonchev–Trinajstić information content (AvgIpc) is 2.70. The fourth-order valence-electron chi connectivity index (χ4n) is 3.12. The van der Waals surface area contributed by atoms with Crippen LogP contribution >= 0.6 is 7.82 Å². The van der Waals surface area contributed by atoms with Gasteiger partial charge in [0.2, 0.25) is 0 Å². The summed E-state index contributed by atoms with van der Waals surface area (Å²) < 4.78 is 21.6. The molecule has 0 saturated carbocycles. The van der Waals surface area contributed by atoms with Crippen LogP contribution in [-0.2, 0) is 13.7 Å². The van der Waals surface area contributed by atoms with Crippen molar-refractivity contribution in [2.75, 3.05) is 32.9 Å². The van der Waals surface area contributed by atoms with E-state index < -0.39 is 7.82 Å². The molecule has 8 heteroatoms. The second-order valence-corrected chi connectivity index (χ2v) is 9.06. The standard InChI is InChI=1S/C22H46NO6P/c1-2-3-4-5-6-7-8-9-10-11-12-13-14-15-16-17-22-28-30(26,27)29-23(18-20-24)19-21-25/h9-10,24-25H,2-8,11-22H2,1H3,(H,26,27)/b10-9-. The first kappa shape index (κ1) is 29.7. The van der Waals surface area contributed by atoms with Crippen molar-refractivity contribution < 1.29 is 28.8 Å². The molecule has 3 N–H and O–H groups in total. The Morgan fingerprint density at radius 2 is 1.23 bits per heavy atom. The molecule has 0 rings (SSSR count). The Bertz CT molecular complexity index is 430. The molecule has 0 aliphatic rings. The van der Waals surface area contributed by atoms with Gasteiger partial charge in [0.15, 0.2) is 0 Å². The van der Waals surface area contributed by atoms with Gasteiger partial charge in [-0.2, -0.15) is 9.69 Å². The van der Waals surface area contributed by atoms with Crippen LogP contribution in [0.1, 0.15) is 96.8 Å². The van der Waals surface area contributed by atoms with Crippen LogP contribution in [0.25, 0.3) is 0 Å². The van der Waals surface area contributed by atoms with Crippen LogP contribution in [0, 0.1) is 0 Å². The van der Waals surface area contributed by atoms with Gasteiger partial charge >= 0.3 is 7.82 Å². The highest BCUT2D eigenvalue weighted by Crippen LogP contribution is 2.44. The van der Waals surface area contributed by atoms with Crippen LogP contribution in [0.2, 0.25) is 0 Å². The van der Waals surface area contributed by atoms with E-state index in [0.717, 1.165) is 24.3 Å². The number of phosphoric acid groups is 1. The number of aliphatic hydroxyl groups excluding tert-OH is 2. The molecule has 0 fully saturated rings. The van der Waals surface area contributed by atoms with Gasteiger partial charge in [0, 0.05) is 13.1 Å². The summed E-state index contributed by atoms with van der Waals surface area (Å²) in [7, 11) is -4.20. The van der Waals surface area contributed by atoms with Crippen LogP contribution in [0.15, 0.2) is 12.2 Å². The Hall–Kier alpha value is -0.270. The zero-order valence-corrected chi connectivity index (χ0v) is 19.9. The van der Waals surface area contributed by atoms with Crippen LogP contribution in [-0.4, -0.2) is 53.1 Å². The molecule has 0 heterocycles. The lowest BCUT2D eigenvalue weighted by Gasteiger charge is -2.22. The highest BCUT2D eigenvalue weighted by molar-refractivity contribution is 7.47. The van der Waals surface area contributed by atoms with Crippen molar-refractivity contribution in [3.63, 3.8) is 0 Å². The van der Waals surface area contributed by atoms with E-state index in [1.54, 1.807) is 0 Å². The van der Waals surface area contributed by atoms with Crippen molar-refractivity contribution in [3.8, 4) is 0 Å². The highest BCUT2D eigenvalue weighted by Gasteiger charge is 2.25. The van der Waals surface area contributed by atoms with E-state index in [1.807, 2.05) is 0 Å². The van der Waals surface area contributed by atoms with Gasteiger partial charge < -0.3 is 15.1 Å². The van der Waals surface area contributed by atoms with Gasteiger partial charge in [-0.1, -0.05) is 76.9 Å². The Balaban J connectivity index is 3.48. The lowest BCUT2D eigenvalue weighted by atomic mass is 10.1. The number of unbranched alkanes of at least 4 members (excludes halogenated alkanes) is 12. The monoisotopic (exact) mass is 451 g/mol. The Kier molecular flexibility index (Phi) is 21.7. The van der Waals surface area contributed by atoms with Crippen molar-refractivity contribution in [2.24, 2.45) is 0 Å². The van der Waals surface area contributed by atoms with Gasteiger partial charge in [0.1, 0.15) is 0 Å². The molecular formula is C22H46NO6P. The second kappa shape index (κ2) is 21.9. The quantitative estimate of drug-likeness (QED) is 0.0832. The maximum absolute atomic E-state index is 11.8. The van der Waals surface area contributed by atoms with Crippen LogP contribution < -0.4 is 0 Å². The van der Waals surface area contributed by atoms with Gasteiger partial charge in [-0.05, 0) is 32.1 Å². The van der Waals surface area contributed by atoms with Crippen LogP contribution in [0.5, 0.6) is 0 Å². The van der Waals surface area contributed by atoms with Gasteiger partial charge in [-0.15, -0.1) is 0 Å². The molecule has 0 saturated heterocycles. The van der Waals surface area contributed by atoms with E-state index in [0.29, 0.717) is 6.42 Å². The first-order chi connectivity index (χ1) is 14.6. The molecule has 1 atom stereocenters. The van der Waals surface area contributed by atoms with E-state index in [1.165, 1.54) is 64.2 Å². The van der Waals surface area contributed by atoms with Crippen molar-refractivity contribution in [3.05, 3.63) is 12.2 Å². The summed E-state index contributed by atoms with van der Waals surface area (Å²) in [6, 6.07) is 0. The van der Waals surface area contributed by atoms with Gasteiger partial charge in [-0.3, -0.25) is 4.52 Å². The molecule has 0 aliphatic heterocycles. The highest BCUT2D eigenvalue weighted by atomic mass is 31.2. The molecule has 0 aliphatic carbocycles. The van der Waals surface area contributed by atoms with Gasteiger partial charge in [0.25, 0.3) is 0 Å². The lowest BCUT2D eigenvalue weighted by molar-refractivity contribution is -0.100. The zero-order valence-electron chi connectivity index (χ0n) is 19.1. The van der Waals surface area contributed by atoms with E-state index in [2.05, 4.69) is 19.1 Å². The number of rotatable bonds is 23. The van der Waals surface area contributed by atoms with E-state index >= 15 is 0 Å². The topological polar surface area (TPSA) is 99.5 Å². The molecule has 7 nitrogen and oxygen atoms in total. The minimum atomic E-state index is -4.20. The van der Waals surface area contributed by atoms with E-state index in [4.69, 9.17) is 19.4 Å². The maximum Gasteiger partial charge on any atom is 0.489 e. The Labute approximate surface area is 184 Å². The van der Waals surface area contributed by atoms with Crippen LogP contribution in [0.4, 0.5) is 0 Å². The Morgan fingerprint density at radius 1 is 0.767 bits per heavy atom. The van der Waals surface area contributed by atoms with Crippen molar-refractivity contribution >= 4 is 7.82 Å². The van der Waals surface area contributed by atoms with Gasteiger partial charge in [-0.25, -0.2) is 4.57 Å². The molecule has 0 radical (unpaired) electrons. The molecule has 0 aromatic carbocycles.